The number of esters is 1. The molecule has 1 rings (SSSR count). The molecule has 0 saturated heterocycles. The number of amides is 1. The van der Waals surface area contributed by atoms with E-state index in [1.165, 1.54) is 24.1 Å². The smallest absolute Gasteiger partial charge is 0.324 e. The van der Waals surface area contributed by atoms with E-state index in [1.54, 1.807) is 26.0 Å². The summed E-state index contributed by atoms with van der Waals surface area (Å²) in [6, 6.07) is 6.74. The van der Waals surface area contributed by atoms with Crippen LogP contribution in [0.25, 0.3) is 0 Å². The van der Waals surface area contributed by atoms with Crippen LogP contribution in [0, 0.1) is 17.2 Å². The number of hydrogen-bond donors (Lipinski definition) is 1. The molecule has 1 amide bonds. The van der Waals surface area contributed by atoms with Crippen molar-refractivity contribution in [1.82, 2.24) is 9.62 Å². The first kappa shape index (κ1) is 23.1. The maximum absolute atomic E-state index is 12.5. The number of carbonyl (C=O) groups is 2. The van der Waals surface area contributed by atoms with Crippen molar-refractivity contribution in [2.45, 2.75) is 31.2 Å². The van der Waals surface area contributed by atoms with Crippen LogP contribution in [0.3, 0.4) is 0 Å². The minimum atomic E-state index is -3.94. The van der Waals surface area contributed by atoms with E-state index in [0.29, 0.717) is 0 Å². The molecule has 148 valence electrons. The van der Waals surface area contributed by atoms with Gasteiger partial charge in [-0.25, -0.2) is 8.42 Å². The summed E-state index contributed by atoms with van der Waals surface area (Å²) in [6.45, 7) is 3.02. The van der Waals surface area contributed by atoms with Crippen molar-refractivity contribution in [2.24, 2.45) is 5.92 Å². The number of nitrogens with one attached hydrogen (secondary N) is 1. The Morgan fingerprint density at radius 3 is 2.41 bits per heavy atom. The van der Waals surface area contributed by atoms with E-state index in [1.807, 2.05) is 6.07 Å². The van der Waals surface area contributed by atoms with Gasteiger partial charge in [-0.3, -0.25) is 9.59 Å². The fourth-order valence-corrected chi connectivity index (χ4v) is 3.58. The Morgan fingerprint density at radius 2 is 1.89 bits per heavy atom. The third-order valence-corrected chi connectivity index (χ3v) is 5.63. The minimum absolute atomic E-state index is 0.0106. The predicted octanol–water partition coefficient (Wildman–Crippen LogP) is 1.67. The molecule has 1 N–H and O–H groups in total. The lowest BCUT2D eigenvalue weighted by atomic mass is 10.1. The van der Waals surface area contributed by atoms with E-state index in [2.05, 4.69) is 20.7 Å². The van der Waals surface area contributed by atoms with E-state index in [9.17, 15) is 18.0 Å². The number of nitrogens with zero attached hydrogens (tertiary/aromatic N) is 2. The molecular weight excluding hydrogens is 438 g/mol. The maximum Gasteiger partial charge on any atom is 0.324 e. The Balaban J connectivity index is 2.77. The van der Waals surface area contributed by atoms with Crippen molar-refractivity contribution < 1.29 is 22.7 Å². The fourth-order valence-electron chi connectivity index (χ4n) is 1.98. The zero-order valence-corrected chi connectivity index (χ0v) is 17.7. The number of halogens is 1. The number of rotatable bonds is 9. The minimum Gasteiger partial charge on any atom is -0.454 e. The van der Waals surface area contributed by atoms with Gasteiger partial charge in [0.15, 0.2) is 6.61 Å². The van der Waals surface area contributed by atoms with E-state index in [-0.39, 0.29) is 17.9 Å². The summed E-state index contributed by atoms with van der Waals surface area (Å²) >= 11 is 3.23. The van der Waals surface area contributed by atoms with E-state index in [0.717, 1.165) is 4.47 Å². The Hall–Kier alpha value is -1.96. The summed E-state index contributed by atoms with van der Waals surface area (Å²) in [6.07, 6.45) is 0.164. The SMILES string of the molecule is CC(C)[C@H](NS(=O)(=O)c1ccc(Br)cc1)C(=O)OCC(=O)N(C)CCC#N. The molecule has 0 aromatic heterocycles. The van der Waals surface area contributed by atoms with Crippen molar-refractivity contribution in [3.05, 3.63) is 28.7 Å². The van der Waals surface area contributed by atoms with Gasteiger partial charge < -0.3 is 9.64 Å². The second kappa shape index (κ2) is 10.4. The molecular formula is C17H22BrN3O5S. The third-order valence-electron chi connectivity index (χ3n) is 3.65. The lowest BCUT2D eigenvalue weighted by Gasteiger charge is -2.21. The Morgan fingerprint density at radius 1 is 1.30 bits per heavy atom. The molecule has 0 aliphatic rings. The zero-order valence-electron chi connectivity index (χ0n) is 15.3. The molecule has 1 atom stereocenters. The predicted molar refractivity (Wildman–Crippen MR) is 102 cm³/mol. The van der Waals surface area contributed by atoms with E-state index in [4.69, 9.17) is 10.00 Å². The molecule has 0 spiro atoms. The molecule has 0 unspecified atom stereocenters. The highest BCUT2D eigenvalue weighted by Gasteiger charge is 2.30. The van der Waals surface area contributed by atoms with Gasteiger partial charge in [0, 0.05) is 18.1 Å². The number of benzene rings is 1. The van der Waals surface area contributed by atoms with Crippen LogP contribution in [-0.4, -0.2) is 51.4 Å². The Bertz CT molecular complexity index is 803. The van der Waals surface area contributed by atoms with Gasteiger partial charge in [-0.2, -0.15) is 9.98 Å². The summed E-state index contributed by atoms with van der Waals surface area (Å²) in [5.41, 5.74) is 0. The van der Waals surface area contributed by atoms with Crippen LogP contribution in [0.15, 0.2) is 33.6 Å². The van der Waals surface area contributed by atoms with Gasteiger partial charge >= 0.3 is 5.97 Å². The Kier molecular flexibility index (Phi) is 8.88. The number of carbonyl (C=O) groups excluding carboxylic acids is 2. The molecule has 0 bridgehead atoms. The summed E-state index contributed by atoms with van der Waals surface area (Å²) in [5.74, 6) is -1.71. The van der Waals surface area contributed by atoms with E-state index < -0.39 is 40.5 Å². The summed E-state index contributed by atoms with van der Waals surface area (Å²) in [4.78, 5) is 25.5. The summed E-state index contributed by atoms with van der Waals surface area (Å²) < 4.78 is 33.0. The van der Waals surface area contributed by atoms with Crippen molar-refractivity contribution in [3.8, 4) is 6.07 Å². The topological polar surface area (TPSA) is 117 Å². The van der Waals surface area contributed by atoms with Crippen LogP contribution >= 0.6 is 15.9 Å². The van der Waals surface area contributed by atoms with Crippen molar-refractivity contribution in [1.29, 1.82) is 5.26 Å². The molecule has 0 fully saturated rings. The van der Waals surface area contributed by atoms with Gasteiger partial charge in [-0.1, -0.05) is 29.8 Å². The summed E-state index contributed by atoms with van der Waals surface area (Å²) in [7, 11) is -2.45. The highest BCUT2D eigenvalue weighted by atomic mass is 79.9. The lowest BCUT2D eigenvalue weighted by molar-refractivity contribution is -0.153. The first-order valence-corrected chi connectivity index (χ1v) is 10.4. The van der Waals surface area contributed by atoms with Gasteiger partial charge in [-0.05, 0) is 30.2 Å². The standard InChI is InChI=1S/C17H22BrN3O5S/c1-12(2)16(17(23)26-11-15(22)21(3)10-4-9-19)20-27(24,25)14-7-5-13(18)6-8-14/h5-8,12,16,20H,4,10-11H2,1-3H3/t16-/m0/s1. The average Bonchev–Trinajstić information content (AvgIpc) is 2.62. The molecule has 1 aromatic rings. The molecule has 27 heavy (non-hydrogen) atoms. The van der Waals surface area contributed by atoms with Gasteiger partial charge in [0.1, 0.15) is 6.04 Å². The molecule has 0 saturated carbocycles. The first-order chi connectivity index (χ1) is 12.6. The highest BCUT2D eigenvalue weighted by molar-refractivity contribution is 9.10. The maximum atomic E-state index is 12.5. The van der Waals surface area contributed by atoms with Crippen molar-refractivity contribution in [3.63, 3.8) is 0 Å². The van der Waals surface area contributed by atoms with Gasteiger partial charge in [0.25, 0.3) is 5.91 Å². The summed E-state index contributed by atoms with van der Waals surface area (Å²) in [5, 5.41) is 8.53. The average molecular weight is 460 g/mol. The van der Waals surface area contributed by atoms with Crippen LogP contribution in [0.5, 0.6) is 0 Å². The number of ether oxygens (including phenoxy) is 1. The first-order valence-electron chi connectivity index (χ1n) is 8.14. The van der Waals surface area contributed by atoms with E-state index >= 15 is 0 Å². The Labute approximate surface area is 167 Å². The van der Waals surface area contributed by atoms with Crippen molar-refractivity contribution in [2.75, 3.05) is 20.2 Å². The molecule has 1 aromatic carbocycles. The third kappa shape index (κ3) is 7.28. The molecule has 8 nitrogen and oxygen atoms in total. The number of sulfonamides is 1. The molecule has 0 heterocycles. The number of nitriles is 1. The van der Waals surface area contributed by atoms with Crippen LogP contribution < -0.4 is 4.72 Å². The van der Waals surface area contributed by atoms with Crippen LogP contribution in [0.1, 0.15) is 20.3 Å². The van der Waals surface area contributed by atoms with Crippen LogP contribution in [-0.2, 0) is 24.3 Å². The molecule has 10 heteroatoms. The lowest BCUT2D eigenvalue weighted by Crippen LogP contribution is -2.46. The van der Waals surface area contributed by atoms with Crippen LogP contribution in [0.4, 0.5) is 0 Å². The fraction of sp³-hybridized carbons (Fsp3) is 0.471. The molecule has 0 aliphatic heterocycles. The van der Waals surface area contributed by atoms with Crippen molar-refractivity contribution >= 4 is 37.8 Å². The zero-order chi connectivity index (χ0) is 20.6. The quantitative estimate of drug-likeness (QED) is 0.561. The largest absolute Gasteiger partial charge is 0.454 e. The van der Waals surface area contributed by atoms with Gasteiger partial charge in [0.05, 0.1) is 17.4 Å². The van der Waals surface area contributed by atoms with Gasteiger partial charge in [-0.15, -0.1) is 0 Å². The molecule has 0 aliphatic carbocycles. The monoisotopic (exact) mass is 459 g/mol. The second-order valence-electron chi connectivity index (χ2n) is 6.13. The number of hydrogen-bond acceptors (Lipinski definition) is 6. The highest BCUT2D eigenvalue weighted by Crippen LogP contribution is 2.16. The van der Waals surface area contributed by atoms with Crippen LogP contribution in [0.2, 0.25) is 0 Å². The molecule has 0 radical (unpaired) electrons. The normalized spacial score (nSPS) is 12.3. The second-order valence-corrected chi connectivity index (χ2v) is 8.76. The number of likely N-dealkylation sites (N-methyl/N-ethyl adjacent to an activating group) is 1. The van der Waals surface area contributed by atoms with Gasteiger partial charge in [0.2, 0.25) is 10.0 Å².